The topological polar surface area (TPSA) is 0 Å². The van der Waals surface area contributed by atoms with Crippen LogP contribution in [0, 0.1) is 6.92 Å². The van der Waals surface area contributed by atoms with Gasteiger partial charge in [-0.05, 0) is 6.92 Å². The third kappa shape index (κ3) is 13.3. The number of benzene rings is 1. The molecule has 0 bridgehead atoms. The Morgan fingerprint density at radius 1 is 0.632 bits per heavy atom. The van der Waals surface area contributed by atoms with Crippen molar-refractivity contribution >= 4 is 0 Å². The van der Waals surface area contributed by atoms with E-state index in [4.69, 9.17) is 0 Å². The molecule has 0 saturated carbocycles. The molecule has 0 amide bonds. The Morgan fingerprint density at radius 2 is 1.05 bits per heavy atom. The minimum Gasteiger partial charge on any atom is -0.748 e. The zero-order valence-electron chi connectivity index (χ0n) is 11.1. The van der Waals surface area contributed by atoms with Crippen molar-refractivity contribution in [3.63, 3.8) is 0 Å². The molecule has 0 atom stereocenters. The van der Waals surface area contributed by atoms with Crippen LogP contribution < -0.4 is 0 Å². The predicted octanol–water partition coefficient (Wildman–Crippen LogP) is 4.80. The van der Waals surface area contributed by atoms with Gasteiger partial charge in [0.1, 0.15) is 0 Å². The Balaban J connectivity index is 0. The van der Waals surface area contributed by atoms with E-state index in [0.29, 0.717) is 0 Å². The normalized spacial score (nSPS) is 7.42. The fourth-order valence-electron chi connectivity index (χ4n) is 1.18. The summed E-state index contributed by atoms with van der Waals surface area (Å²) in [6.07, 6.45) is 0. The van der Waals surface area contributed by atoms with Crippen molar-refractivity contribution in [1.29, 1.82) is 0 Å². The van der Waals surface area contributed by atoms with Gasteiger partial charge in [-0.1, -0.05) is 35.9 Å². The van der Waals surface area contributed by atoms with E-state index in [1.165, 1.54) is 5.56 Å². The minimum absolute atomic E-state index is 0. The Morgan fingerprint density at radius 3 is 1.26 bits per heavy atom. The van der Waals surface area contributed by atoms with Crippen LogP contribution in [0.5, 0.6) is 0 Å². The summed E-state index contributed by atoms with van der Waals surface area (Å²) in [4.78, 5) is 0. The van der Waals surface area contributed by atoms with E-state index in [-0.39, 0.29) is 37.1 Å². The van der Waals surface area contributed by atoms with Crippen molar-refractivity contribution in [3.05, 3.63) is 96.6 Å². The summed E-state index contributed by atoms with van der Waals surface area (Å²) >= 11 is 0. The van der Waals surface area contributed by atoms with Gasteiger partial charge in [-0.3, -0.25) is 0 Å². The maximum atomic E-state index is 2.08. The van der Waals surface area contributed by atoms with Crippen LogP contribution in [0.4, 0.5) is 0 Å². The molecule has 0 fully saturated rings. The molecule has 0 unspecified atom stereocenters. The number of hydrogen-bond acceptors (Lipinski definition) is 0. The predicted molar refractivity (Wildman–Crippen MR) is 75.2 cm³/mol. The molecule has 2 heteroatoms. The van der Waals surface area contributed by atoms with Gasteiger partial charge in [0.15, 0.2) is 0 Å². The van der Waals surface area contributed by atoms with Crippen LogP contribution in [0.3, 0.4) is 0 Å². The molecule has 0 aliphatic heterocycles. The third-order valence-electron chi connectivity index (χ3n) is 2.05. The summed E-state index contributed by atoms with van der Waals surface area (Å²) in [6, 6.07) is 30.3. The van der Waals surface area contributed by atoms with E-state index in [1.54, 1.807) is 0 Å². The minimum atomic E-state index is 0. The summed E-state index contributed by atoms with van der Waals surface area (Å²) in [5.41, 5.74) is 1.32. The molecule has 0 spiro atoms. The quantitative estimate of drug-likeness (QED) is 0.521. The van der Waals surface area contributed by atoms with E-state index < -0.39 is 0 Å². The molecule has 19 heavy (non-hydrogen) atoms. The SMILES string of the molecule is Cc1ccccc1.[V].[V].[cH-]1[cH-][cH-][cH-][cH-]1.c1cc[cH-]c1. The van der Waals surface area contributed by atoms with Crippen LogP contribution in [-0.2, 0) is 37.1 Å². The molecular weight excluding hydrogens is 306 g/mol. The molecule has 0 heterocycles. The van der Waals surface area contributed by atoms with Crippen molar-refractivity contribution in [2.45, 2.75) is 6.92 Å². The molecule has 0 nitrogen and oxygen atoms in total. The van der Waals surface area contributed by atoms with Gasteiger partial charge < -0.3 is 30.3 Å². The first-order valence-electron chi connectivity index (χ1n) is 5.74. The summed E-state index contributed by atoms with van der Waals surface area (Å²) in [6.45, 7) is 2.08. The van der Waals surface area contributed by atoms with Gasteiger partial charge in [-0.2, -0.15) is 18.2 Å². The van der Waals surface area contributed by atoms with Gasteiger partial charge in [0.25, 0.3) is 0 Å². The van der Waals surface area contributed by atoms with E-state index in [9.17, 15) is 0 Å². The molecule has 0 N–H and O–H groups in total. The van der Waals surface area contributed by atoms with Crippen molar-refractivity contribution in [3.8, 4) is 0 Å². The standard InChI is InChI=1S/C7H8.2C5H5.2V/c1-7-5-3-2-4-6-7;2*1-2-4-5-3-1;;/h2-6H,1H3;2*1-5H;;/q;-5;-1;;. The smallest absolute Gasteiger partial charge is 0 e. The van der Waals surface area contributed by atoms with Crippen LogP contribution in [0.1, 0.15) is 5.56 Å². The second-order valence-corrected chi connectivity index (χ2v) is 3.58. The van der Waals surface area contributed by atoms with Crippen molar-refractivity contribution in [2.24, 2.45) is 0 Å². The summed E-state index contributed by atoms with van der Waals surface area (Å²) in [5, 5.41) is 0. The second kappa shape index (κ2) is 15.1. The Hall–Kier alpha value is -0.911. The zero-order chi connectivity index (χ0) is 12.2. The first kappa shape index (κ1) is 20.4. The van der Waals surface area contributed by atoms with Crippen molar-refractivity contribution in [2.75, 3.05) is 0 Å². The molecule has 102 valence electrons. The maximum Gasteiger partial charge on any atom is 0 e. The van der Waals surface area contributed by atoms with Gasteiger partial charge in [-0.25, -0.2) is 12.1 Å². The van der Waals surface area contributed by atoms with Crippen LogP contribution in [0.25, 0.3) is 0 Å². The Kier molecular flexibility index (Phi) is 16.3. The van der Waals surface area contributed by atoms with Crippen LogP contribution >= 0.6 is 0 Å². The van der Waals surface area contributed by atoms with E-state index in [0.717, 1.165) is 0 Å². The summed E-state index contributed by atoms with van der Waals surface area (Å²) < 4.78 is 0. The van der Waals surface area contributed by atoms with E-state index >= 15 is 0 Å². The average Bonchev–Trinajstić information content (AvgIpc) is 3.09. The monoisotopic (exact) mass is 324 g/mol. The number of rotatable bonds is 0. The van der Waals surface area contributed by atoms with Gasteiger partial charge in [0.2, 0.25) is 0 Å². The number of aryl methyl sites for hydroxylation is 1. The van der Waals surface area contributed by atoms with Crippen LogP contribution in [-0.4, -0.2) is 0 Å². The third-order valence-corrected chi connectivity index (χ3v) is 2.05. The van der Waals surface area contributed by atoms with Gasteiger partial charge in [0.05, 0.1) is 0 Å². The van der Waals surface area contributed by atoms with Gasteiger partial charge >= 0.3 is 0 Å². The Bertz CT molecular complexity index is 367. The molecule has 0 aromatic heterocycles. The molecular formula is C17H18V2-6. The van der Waals surface area contributed by atoms with E-state index in [1.807, 2.05) is 78.9 Å². The maximum absolute atomic E-state index is 2.08. The fraction of sp³-hybridized carbons (Fsp3) is 0.0588. The fourth-order valence-corrected chi connectivity index (χ4v) is 1.18. The second-order valence-electron chi connectivity index (χ2n) is 3.58. The van der Waals surface area contributed by atoms with Crippen LogP contribution in [0.2, 0.25) is 0 Å². The largest absolute Gasteiger partial charge is 0.748 e. The summed E-state index contributed by atoms with van der Waals surface area (Å²) in [7, 11) is 0. The van der Waals surface area contributed by atoms with E-state index in [2.05, 4.69) is 19.1 Å². The first-order valence-corrected chi connectivity index (χ1v) is 5.74. The molecule has 0 aliphatic rings. The van der Waals surface area contributed by atoms with Crippen molar-refractivity contribution in [1.82, 2.24) is 0 Å². The van der Waals surface area contributed by atoms with Crippen LogP contribution in [0.15, 0.2) is 91.0 Å². The molecule has 3 rings (SSSR count). The molecule has 0 aliphatic carbocycles. The first-order chi connectivity index (χ1) is 8.39. The molecule has 3 aromatic rings. The summed E-state index contributed by atoms with van der Waals surface area (Å²) in [5.74, 6) is 0. The van der Waals surface area contributed by atoms with Crippen molar-refractivity contribution < 1.29 is 37.1 Å². The number of hydrogen-bond donors (Lipinski definition) is 0. The Labute approximate surface area is 140 Å². The van der Waals surface area contributed by atoms with Gasteiger partial charge in [0, 0.05) is 37.1 Å². The molecule has 3 aromatic carbocycles. The molecule has 0 saturated heterocycles. The molecule has 2 radical (unpaired) electrons. The average molecular weight is 324 g/mol. The zero-order valence-corrected chi connectivity index (χ0v) is 13.8. The van der Waals surface area contributed by atoms with Gasteiger partial charge in [-0.15, -0.1) is 0 Å².